The fourth-order valence-corrected chi connectivity index (χ4v) is 1.76. The summed E-state index contributed by atoms with van der Waals surface area (Å²) in [6, 6.07) is 15.3. The van der Waals surface area contributed by atoms with Crippen LogP contribution >= 0.6 is 0 Å². The quantitative estimate of drug-likeness (QED) is 0.795. The van der Waals surface area contributed by atoms with Crippen LogP contribution in [0.1, 0.15) is 16.7 Å². The summed E-state index contributed by atoms with van der Waals surface area (Å²) < 4.78 is 5.62. The molecule has 2 N–H and O–H groups in total. The van der Waals surface area contributed by atoms with Crippen molar-refractivity contribution in [3.63, 3.8) is 0 Å². The first-order valence-electron chi connectivity index (χ1n) is 6.23. The summed E-state index contributed by atoms with van der Waals surface area (Å²) in [5.41, 5.74) is 3.88. The second-order valence-corrected chi connectivity index (χ2v) is 4.59. The SMILES string of the molecule is Cc1ccc(COCc2ccc(B(O)O)cc2)cc1. The van der Waals surface area contributed by atoms with Crippen molar-refractivity contribution in [3.05, 3.63) is 65.2 Å². The monoisotopic (exact) mass is 256 g/mol. The van der Waals surface area contributed by atoms with E-state index in [1.54, 1.807) is 12.1 Å². The molecule has 0 fully saturated rings. The minimum Gasteiger partial charge on any atom is -0.423 e. The maximum absolute atomic E-state index is 8.99. The van der Waals surface area contributed by atoms with Gasteiger partial charge in [-0.25, -0.2) is 0 Å². The highest BCUT2D eigenvalue weighted by Gasteiger charge is 2.09. The molecule has 0 unspecified atom stereocenters. The zero-order chi connectivity index (χ0) is 13.7. The van der Waals surface area contributed by atoms with Crippen LogP contribution < -0.4 is 5.46 Å². The van der Waals surface area contributed by atoms with Gasteiger partial charge in [0, 0.05) is 0 Å². The summed E-state index contributed by atoms with van der Waals surface area (Å²) >= 11 is 0. The molecule has 0 radical (unpaired) electrons. The van der Waals surface area contributed by atoms with E-state index in [1.165, 1.54) is 5.56 Å². The first-order chi connectivity index (χ1) is 9.15. The van der Waals surface area contributed by atoms with Gasteiger partial charge >= 0.3 is 7.12 Å². The van der Waals surface area contributed by atoms with Crippen molar-refractivity contribution in [2.75, 3.05) is 0 Å². The molecule has 0 aliphatic rings. The zero-order valence-electron chi connectivity index (χ0n) is 10.9. The van der Waals surface area contributed by atoms with Crippen molar-refractivity contribution in [1.29, 1.82) is 0 Å². The second-order valence-electron chi connectivity index (χ2n) is 4.59. The van der Waals surface area contributed by atoms with Gasteiger partial charge in [0.1, 0.15) is 0 Å². The predicted octanol–water partition coefficient (Wildman–Crippen LogP) is 1.39. The van der Waals surface area contributed by atoms with Crippen LogP contribution in [0.25, 0.3) is 0 Å². The van der Waals surface area contributed by atoms with Crippen molar-refractivity contribution >= 4 is 12.6 Å². The van der Waals surface area contributed by atoms with E-state index in [4.69, 9.17) is 14.8 Å². The largest absolute Gasteiger partial charge is 0.488 e. The van der Waals surface area contributed by atoms with Gasteiger partial charge in [0.2, 0.25) is 0 Å². The van der Waals surface area contributed by atoms with E-state index in [0.717, 1.165) is 11.1 Å². The van der Waals surface area contributed by atoms with Crippen LogP contribution in [0.15, 0.2) is 48.5 Å². The number of ether oxygens (including phenoxy) is 1. The minimum absolute atomic E-state index is 0.488. The number of aryl methyl sites for hydroxylation is 1. The predicted molar refractivity (Wildman–Crippen MR) is 75.9 cm³/mol. The van der Waals surface area contributed by atoms with Gasteiger partial charge < -0.3 is 14.8 Å². The zero-order valence-corrected chi connectivity index (χ0v) is 10.9. The normalized spacial score (nSPS) is 10.5. The van der Waals surface area contributed by atoms with Crippen LogP contribution in [-0.2, 0) is 18.0 Å². The average Bonchev–Trinajstić information content (AvgIpc) is 2.41. The van der Waals surface area contributed by atoms with E-state index in [-0.39, 0.29) is 0 Å². The number of rotatable bonds is 5. The molecule has 0 saturated heterocycles. The van der Waals surface area contributed by atoms with E-state index in [0.29, 0.717) is 18.7 Å². The van der Waals surface area contributed by atoms with Crippen LogP contribution in [-0.4, -0.2) is 17.2 Å². The van der Waals surface area contributed by atoms with Crippen LogP contribution in [0.5, 0.6) is 0 Å². The van der Waals surface area contributed by atoms with Crippen LogP contribution in [0.2, 0.25) is 0 Å². The standard InChI is InChI=1S/C15H17BO3/c1-12-2-4-13(5-3-12)10-19-11-14-6-8-15(9-7-14)16(17)18/h2-9,17-18H,10-11H2,1H3. The molecule has 0 aliphatic carbocycles. The summed E-state index contributed by atoms with van der Waals surface area (Å²) in [6.07, 6.45) is 0. The lowest BCUT2D eigenvalue weighted by Gasteiger charge is -2.06. The van der Waals surface area contributed by atoms with Crippen molar-refractivity contribution in [1.82, 2.24) is 0 Å². The van der Waals surface area contributed by atoms with E-state index < -0.39 is 7.12 Å². The number of hydrogen-bond acceptors (Lipinski definition) is 3. The Morgan fingerprint density at radius 1 is 0.842 bits per heavy atom. The molecule has 2 aromatic carbocycles. The van der Waals surface area contributed by atoms with Crippen molar-refractivity contribution in [2.45, 2.75) is 20.1 Å². The summed E-state index contributed by atoms with van der Waals surface area (Å²) in [7, 11) is -1.41. The van der Waals surface area contributed by atoms with Gasteiger partial charge in [-0.1, -0.05) is 54.1 Å². The molecule has 0 aliphatic heterocycles. The first kappa shape index (κ1) is 13.8. The highest BCUT2D eigenvalue weighted by molar-refractivity contribution is 6.58. The van der Waals surface area contributed by atoms with Gasteiger partial charge in [-0.3, -0.25) is 0 Å². The van der Waals surface area contributed by atoms with E-state index in [9.17, 15) is 0 Å². The van der Waals surface area contributed by atoms with E-state index in [1.807, 2.05) is 12.1 Å². The Morgan fingerprint density at radius 2 is 1.32 bits per heavy atom. The Hall–Kier alpha value is -1.62. The highest BCUT2D eigenvalue weighted by atomic mass is 16.5. The Labute approximate surface area is 113 Å². The lowest BCUT2D eigenvalue weighted by atomic mass is 9.80. The lowest BCUT2D eigenvalue weighted by molar-refractivity contribution is 0.107. The molecule has 2 aromatic rings. The first-order valence-corrected chi connectivity index (χ1v) is 6.23. The maximum atomic E-state index is 8.99. The van der Waals surface area contributed by atoms with E-state index in [2.05, 4.69) is 31.2 Å². The van der Waals surface area contributed by atoms with Gasteiger partial charge in [0.25, 0.3) is 0 Å². The molecular weight excluding hydrogens is 239 g/mol. The third-order valence-corrected chi connectivity index (χ3v) is 2.94. The van der Waals surface area contributed by atoms with Crippen molar-refractivity contribution in [2.24, 2.45) is 0 Å². The molecule has 0 amide bonds. The maximum Gasteiger partial charge on any atom is 0.488 e. The summed E-state index contributed by atoms with van der Waals surface area (Å²) in [5, 5.41) is 18.0. The summed E-state index contributed by atoms with van der Waals surface area (Å²) in [5.74, 6) is 0. The van der Waals surface area contributed by atoms with Gasteiger partial charge in [-0.2, -0.15) is 0 Å². The molecule has 0 bridgehead atoms. The number of benzene rings is 2. The van der Waals surface area contributed by atoms with Gasteiger partial charge in [0.15, 0.2) is 0 Å². The summed E-state index contributed by atoms with van der Waals surface area (Å²) in [6.45, 7) is 3.14. The van der Waals surface area contributed by atoms with Crippen LogP contribution in [0.3, 0.4) is 0 Å². The molecule has 19 heavy (non-hydrogen) atoms. The van der Waals surface area contributed by atoms with Crippen LogP contribution in [0, 0.1) is 6.92 Å². The second kappa shape index (κ2) is 6.52. The number of hydrogen-bond donors (Lipinski definition) is 2. The third kappa shape index (κ3) is 4.21. The van der Waals surface area contributed by atoms with Crippen LogP contribution in [0.4, 0.5) is 0 Å². The van der Waals surface area contributed by atoms with Gasteiger partial charge in [-0.05, 0) is 23.5 Å². The fraction of sp³-hybridized carbons (Fsp3) is 0.200. The smallest absolute Gasteiger partial charge is 0.423 e. The molecular formula is C15H17BO3. The Kier molecular flexibility index (Phi) is 4.74. The van der Waals surface area contributed by atoms with Crippen molar-refractivity contribution < 1.29 is 14.8 Å². The minimum atomic E-state index is -1.41. The Morgan fingerprint density at radius 3 is 1.79 bits per heavy atom. The molecule has 98 valence electrons. The molecule has 0 aromatic heterocycles. The third-order valence-electron chi connectivity index (χ3n) is 2.94. The highest BCUT2D eigenvalue weighted by Crippen LogP contribution is 2.07. The van der Waals surface area contributed by atoms with Gasteiger partial charge in [0.05, 0.1) is 13.2 Å². The van der Waals surface area contributed by atoms with Crippen molar-refractivity contribution in [3.8, 4) is 0 Å². The molecule has 2 rings (SSSR count). The fourth-order valence-electron chi connectivity index (χ4n) is 1.76. The summed E-state index contributed by atoms with van der Waals surface area (Å²) in [4.78, 5) is 0. The molecule has 0 saturated carbocycles. The molecule has 0 heterocycles. The molecule has 4 heteroatoms. The Balaban J connectivity index is 1.83. The molecule has 3 nitrogen and oxygen atoms in total. The molecule has 0 spiro atoms. The van der Waals surface area contributed by atoms with Gasteiger partial charge in [-0.15, -0.1) is 0 Å². The van der Waals surface area contributed by atoms with E-state index >= 15 is 0 Å². The topological polar surface area (TPSA) is 49.7 Å². The Bertz CT molecular complexity index is 506. The molecule has 0 atom stereocenters. The lowest BCUT2D eigenvalue weighted by Crippen LogP contribution is -2.29. The average molecular weight is 256 g/mol.